The van der Waals surface area contributed by atoms with Crippen LogP contribution in [0.5, 0.6) is 10.9 Å². The average molecular weight is 584 g/mol. The van der Waals surface area contributed by atoms with Gasteiger partial charge in [-0.3, -0.25) is 15.1 Å². The van der Waals surface area contributed by atoms with Crippen LogP contribution in [0, 0.1) is 6.92 Å². The van der Waals surface area contributed by atoms with Gasteiger partial charge in [-0.15, -0.1) is 5.10 Å². The normalized spacial score (nSPS) is 12.9. The second-order valence-electron chi connectivity index (χ2n) is 9.49. The highest BCUT2D eigenvalue weighted by molar-refractivity contribution is 7.17. The van der Waals surface area contributed by atoms with Gasteiger partial charge in [0.15, 0.2) is 0 Å². The molecule has 0 unspecified atom stereocenters. The van der Waals surface area contributed by atoms with Gasteiger partial charge in [0, 0.05) is 23.0 Å². The monoisotopic (exact) mass is 583 g/mol. The topological polar surface area (TPSA) is 119 Å². The van der Waals surface area contributed by atoms with E-state index in [1.807, 2.05) is 39.0 Å². The van der Waals surface area contributed by atoms with E-state index in [1.54, 1.807) is 26.0 Å². The van der Waals surface area contributed by atoms with E-state index in [2.05, 4.69) is 32.4 Å². The molecular weight excluding hydrogens is 550 g/mol. The first-order chi connectivity index (χ1) is 19.0. The first-order valence-electron chi connectivity index (χ1n) is 12.7. The number of allylic oxidation sites excluding steroid dienone is 2. The summed E-state index contributed by atoms with van der Waals surface area (Å²) in [6.45, 7) is 11.6. The van der Waals surface area contributed by atoms with E-state index in [0.717, 1.165) is 40.2 Å². The van der Waals surface area contributed by atoms with Crippen LogP contribution in [0.1, 0.15) is 57.1 Å². The molecule has 0 aromatic carbocycles. The van der Waals surface area contributed by atoms with E-state index in [4.69, 9.17) is 21.1 Å². The van der Waals surface area contributed by atoms with Crippen LogP contribution in [0.15, 0.2) is 59.5 Å². The molecule has 3 heterocycles. The minimum atomic E-state index is -0.953. The molecular formula is C29H34ClN5O4S. The van der Waals surface area contributed by atoms with Crippen molar-refractivity contribution in [2.75, 3.05) is 19.0 Å². The van der Waals surface area contributed by atoms with Crippen LogP contribution in [0.25, 0.3) is 11.1 Å². The van der Waals surface area contributed by atoms with Crippen LogP contribution < -0.4 is 14.8 Å². The van der Waals surface area contributed by atoms with E-state index >= 15 is 0 Å². The Kier molecular flexibility index (Phi) is 10.6. The highest BCUT2D eigenvalue weighted by Crippen LogP contribution is 2.34. The maximum atomic E-state index is 13.3. The number of aryl methyl sites for hydroxylation is 1. The largest absolute Gasteiger partial charge is 0.494 e. The van der Waals surface area contributed by atoms with Crippen molar-refractivity contribution in [2.24, 2.45) is 0 Å². The lowest BCUT2D eigenvalue weighted by Crippen LogP contribution is -2.20. The molecule has 0 atom stereocenters. The Bertz CT molecular complexity index is 1460. The van der Waals surface area contributed by atoms with Crippen molar-refractivity contribution in [3.8, 4) is 22.1 Å². The number of aromatic nitrogens is 4. The summed E-state index contributed by atoms with van der Waals surface area (Å²) < 4.78 is 11.4. The maximum absolute atomic E-state index is 13.3. The summed E-state index contributed by atoms with van der Waals surface area (Å²) in [7, 11) is 1.52. The quantitative estimate of drug-likeness (QED) is 0.191. The molecule has 0 saturated heterocycles. The first kappa shape index (κ1) is 30.9. The van der Waals surface area contributed by atoms with Crippen molar-refractivity contribution >= 4 is 34.0 Å². The Morgan fingerprint density at radius 1 is 1.18 bits per heavy atom. The lowest BCUT2D eigenvalue weighted by atomic mass is 9.96. The standard InChI is InChI=1S/C29H34ClN5O4S/c1-8-17(3)19(10-11-20(9-2)29(5,6)37)16-39-28-35-34-27(40-28)33-26(36)23-14-31-18(4)12-21(23)22-13-25(30)32-15-24(22)38-7/h9-15,37H,8,16H2,1-7H3,(H,33,34,36)/b11-10-,19-17+,20-9+. The van der Waals surface area contributed by atoms with Crippen molar-refractivity contribution < 1.29 is 19.4 Å². The number of hydrogen-bond donors (Lipinski definition) is 2. The molecule has 0 bridgehead atoms. The Morgan fingerprint density at radius 3 is 2.58 bits per heavy atom. The van der Waals surface area contributed by atoms with Gasteiger partial charge in [-0.2, -0.15) is 0 Å². The van der Waals surface area contributed by atoms with Crippen molar-refractivity contribution in [1.82, 2.24) is 20.2 Å². The third-order valence-corrected chi connectivity index (χ3v) is 7.13. The van der Waals surface area contributed by atoms with Crippen LogP contribution in [0.3, 0.4) is 0 Å². The molecule has 0 aliphatic heterocycles. The van der Waals surface area contributed by atoms with Crippen LogP contribution in [0.2, 0.25) is 5.15 Å². The number of carbonyl (C=O) groups excluding carboxylic acids is 1. The molecule has 3 aromatic heterocycles. The minimum absolute atomic E-state index is 0.260. The van der Waals surface area contributed by atoms with Gasteiger partial charge >= 0.3 is 0 Å². The molecule has 0 aliphatic carbocycles. The van der Waals surface area contributed by atoms with Gasteiger partial charge in [-0.1, -0.05) is 47.4 Å². The van der Waals surface area contributed by atoms with Crippen molar-refractivity contribution in [3.63, 3.8) is 0 Å². The second-order valence-corrected chi connectivity index (χ2v) is 10.8. The van der Waals surface area contributed by atoms with E-state index in [-0.39, 0.29) is 16.9 Å². The summed E-state index contributed by atoms with van der Waals surface area (Å²) in [5, 5.41) is 22.1. The zero-order valence-electron chi connectivity index (χ0n) is 23.7. The molecule has 40 heavy (non-hydrogen) atoms. The molecule has 0 fully saturated rings. The Hall–Kier alpha value is -3.60. The second kappa shape index (κ2) is 13.6. The summed E-state index contributed by atoms with van der Waals surface area (Å²) >= 11 is 7.25. The molecule has 11 heteroatoms. The highest BCUT2D eigenvalue weighted by Gasteiger charge is 2.20. The van der Waals surface area contributed by atoms with E-state index in [0.29, 0.717) is 27.6 Å². The zero-order chi connectivity index (χ0) is 29.4. The summed E-state index contributed by atoms with van der Waals surface area (Å²) in [5.74, 6) is 0.0519. The molecule has 0 saturated carbocycles. The Balaban J connectivity index is 1.78. The Labute approximate surface area is 243 Å². The molecule has 3 aromatic rings. The van der Waals surface area contributed by atoms with E-state index < -0.39 is 11.5 Å². The predicted molar refractivity (Wildman–Crippen MR) is 159 cm³/mol. The number of halogens is 1. The predicted octanol–water partition coefficient (Wildman–Crippen LogP) is 6.60. The zero-order valence-corrected chi connectivity index (χ0v) is 25.3. The van der Waals surface area contributed by atoms with Crippen LogP contribution in [0.4, 0.5) is 5.13 Å². The third kappa shape index (κ3) is 7.97. The van der Waals surface area contributed by atoms with Crippen LogP contribution in [-0.4, -0.2) is 50.5 Å². The van der Waals surface area contributed by atoms with Crippen molar-refractivity contribution in [3.05, 3.63) is 75.9 Å². The number of nitrogens with zero attached hydrogens (tertiary/aromatic N) is 4. The number of pyridine rings is 2. The van der Waals surface area contributed by atoms with E-state index in [9.17, 15) is 9.90 Å². The number of carbonyl (C=O) groups is 1. The van der Waals surface area contributed by atoms with Gasteiger partial charge in [0.05, 0.1) is 24.5 Å². The molecule has 9 nitrogen and oxygen atoms in total. The molecule has 0 radical (unpaired) electrons. The van der Waals surface area contributed by atoms with Crippen LogP contribution in [-0.2, 0) is 0 Å². The van der Waals surface area contributed by atoms with Gasteiger partial charge in [0.25, 0.3) is 11.1 Å². The van der Waals surface area contributed by atoms with Gasteiger partial charge in [-0.05, 0) is 75.7 Å². The van der Waals surface area contributed by atoms with Crippen LogP contribution >= 0.6 is 22.9 Å². The SMILES string of the molecule is C\C=C(/C=C\C(COc1nnc(NC(=O)c2cnc(C)cc2-c2cc(Cl)ncc2OC)s1)=C(\C)CC)C(C)(C)O. The fourth-order valence-corrected chi connectivity index (χ4v) is 4.51. The molecule has 0 aliphatic rings. The highest BCUT2D eigenvalue weighted by atomic mass is 35.5. The number of nitrogens with one attached hydrogen (secondary N) is 1. The molecule has 3 rings (SSSR count). The van der Waals surface area contributed by atoms with Gasteiger partial charge in [0.2, 0.25) is 5.13 Å². The fraction of sp³-hybridized carbons (Fsp3) is 0.345. The smallest absolute Gasteiger partial charge is 0.296 e. The summed E-state index contributed by atoms with van der Waals surface area (Å²) in [6, 6.07) is 3.42. The first-order valence-corrected chi connectivity index (χ1v) is 13.9. The maximum Gasteiger partial charge on any atom is 0.296 e. The number of methoxy groups -OCH3 is 1. The minimum Gasteiger partial charge on any atom is -0.494 e. The van der Waals surface area contributed by atoms with Crippen molar-refractivity contribution in [2.45, 2.75) is 53.6 Å². The Morgan fingerprint density at radius 2 is 1.93 bits per heavy atom. The molecule has 0 spiro atoms. The number of ether oxygens (including phenoxy) is 2. The lowest BCUT2D eigenvalue weighted by molar-refractivity contribution is 0.102. The number of amides is 1. The van der Waals surface area contributed by atoms with Gasteiger partial charge < -0.3 is 14.6 Å². The fourth-order valence-electron chi connectivity index (χ4n) is 3.76. The number of aliphatic hydroxyl groups is 1. The van der Waals surface area contributed by atoms with E-state index in [1.165, 1.54) is 19.5 Å². The molecule has 1 amide bonds. The number of rotatable bonds is 11. The lowest BCUT2D eigenvalue weighted by Gasteiger charge is -2.19. The van der Waals surface area contributed by atoms with Crippen molar-refractivity contribution in [1.29, 1.82) is 0 Å². The third-order valence-electron chi connectivity index (χ3n) is 6.17. The number of hydrogen-bond acceptors (Lipinski definition) is 9. The number of anilines is 1. The van der Waals surface area contributed by atoms with Gasteiger partial charge in [-0.25, -0.2) is 4.98 Å². The summed E-state index contributed by atoms with van der Waals surface area (Å²) in [6.07, 6.45) is 9.56. The molecule has 2 N–H and O–H groups in total. The summed E-state index contributed by atoms with van der Waals surface area (Å²) in [5.41, 5.74) is 4.19. The summed E-state index contributed by atoms with van der Waals surface area (Å²) in [4.78, 5) is 21.6. The molecule has 212 valence electrons. The van der Waals surface area contributed by atoms with Gasteiger partial charge in [0.1, 0.15) is 17.5 Å². The average Bonchev–Trinajstić information content (AvgIpc) is 3.36.